The Balaban J connectivity index is 1.29. The largest absolute Gasteiger partial charge is 0.493 e. The fraction of sp³-hybridized carbons (Fsp3) is 0.0690. The third kappa shape index (κ3) is 6.80. The molecule has 0 saturated carbocycles. The lowest BCUT2D eigenvalue weighted by Gasteiger charge is -2.08. The molecule has 0 heterocycles. The van der Waals surface area contributed by atoms with E-state index in [1.807, 2.05) is 72.8 Å². The van der Waals surface area contributed by atoms with Gasteiger partial charge in [-0.1, -0.05) is 60.7 Å². The van der Waals surface area contributed by atoms with Gasteiger partial charge in [-0.15, -0.1) is 0 Å². The first-order chi connectivity index (χ1) is 17.6. The Morgan fingerprint density at radius 2 is 1.61 bits per heavy atom. The predicted molar refractivity (Wildman–Crippen MR) is 139 cm³/mol. The van der Waals surface area contributed by atoms with Crippen molar-refractivity contribution in [3.8, 4) is 17.2 Å². The summed E-state index contributed by atoms with van der Waals surface area (Å²) in [6.45, 7) is -0.176. The second-order valence-electron chi connectivity index (χ2n) is 7.67. The summed E-state index contributed by atoms with van der Waals surface area (Å²) in [6, 6.07) is 27.9. The minimum absolute atomic E-state index is 0.176. The summed E-state index contributed by atoms with van der Waals surface area (Å²) in [5, 5.41) is 6.08. The monoisotopic (exact) mass is 480 g/mol. The molecule has 1 N–H and O–H groups in total. The van der Waals surface area contributed by atoms with Gasteiger partial charge in [-0.25, -0.2) is 10.2 Å². The van der Waals surface area contributed by atoms with Crippen molar-refractivity contribution in [2.75, 3.05) is 13.7 Å². The zero-order valence-corrected chi connectivity index (χ0v) is 19.6. The third-order valence-corrected chi connectivity index (χ3v) is 5.10. The quantitative estimate of drug-likeness (QED) is 0.120. The smallest absolute Gasteiger partial charge is 0.336 e. The van der Waals surface area contributed by atoms with E-state index in [9.17, 15) is 9.59 Å². The number of nitrogens with one attached hydrogen (secondary N) is 1. The summed E-state index contributed by atoms with van der Waals surface area (Å²) in [6.07, 6.45) is 4.47. The fourth-order valence-corrected chi connectivity index (χ4v) is 3.34. The minimum atomic E-state index is -0.530. The van der Waals surface area contributed by atoms with Crippen molar-refractivity contribution >= 4 is 34.9 Å². The number of hydrogen-bond acceptors (Lipinski definition) is 6. The molecule has 0 unspecified atom stereocenters. The highest BCUT2D eigenvalue weighted by atomic mass is 16.6. The highest BCUT2D eigenvalue weighted by Gasteiger charge is 2.09. The minimum Gasteiger partial charge on any atom is -0.493 e. The van der Waals surface area contributed by atoms with Crippen LogP contribution < -0.4 is 19.6 Å². The summed E-state index contributed by atoms with van der Waals surface area (Å²) in [5.74, 6) is 0.289. The molecular formula is C29H24N2O5. The molecular weight excluding hydrogens is 456 g/mol. The Morgan fingerprint density at radius 1 is 0.833 bits per heavy atom. The van der Waals surface area contributed by atoms with Crippen LogP contribution in [-0.2, 0) is 9.59 Å². The third-order valence-electron chi connectivity index (χ3n) is 5.10. The van der Waals surface area contributed by atoms with E-state index in [1.54, 1.807) is 24.3 Å². The lowest BCUT2D eigenvalue weighted by atomic mass is 10.1. The second-order valence-corrected chi connectivity index (χ2v) is 7.67. The summed E-state index contributed by atoms with van der Waals surface area (Å²) < 4.78 is 16.3. The number of amides is 1. The standard InChI is InChI=1S/C29H24N2O5/c1-34-27-17-22(11-15-26(27)36-29(33)16-12-21-7-3-2-4-8-21)19-30-31-28(32)20-35-25-14-13-23-9-5-6-10-24(23)18-25/h2-19H,20H2,1H3,(H,31,32)/b16-12+,30-19-. The Kier molecular flexibility index (Phi) is 8.07. The van der Waals surface area contributed by atoms with Crippen LogP contribution in [-0.4, -0.2) is 31.8 Å². The van der Waals surface area contributed by atoms with E-state index in [-0.39, 0.29) is 12.4 Å². The van der Waals surface area contributed by atoms with Gasteiger partial charge in [-0.05, 0) is 58.3 Å². The lowest BCUT2D eigenvalue weighted by Crippen LogP contribution is -2.24. The molecule has 0 aliphatic rings. The van der Waals surface area contributed by atoms with Crippen LogP contribution in [0.5, 0.6) is 17.2 Å². The van der Waals surface area contributed by atoms with Gasteiger partial charge in [0.2, 0.25) is 0 Å². The highest BCUT2D eigenvalue weighted by Crippen LogP contribution is 2.28. The van der Waals surface area contributed by atoms with Crippen molar-refractivity contribution in [3.63, 3.8) is 0 Å². The maximum atomic E-state index is 12.2. The van der Waals surface area contributed by atoms with Crippen LogP contribution in [0.4, 0.5) is 0 Å². The Morgan fingerprint density at radius 3 is 2.42 bits per heavy atom. The average molecular weight is 481 g/mol. The molecule has 4 rings (SSSR count). The van der Waals surface area contributed by atoms with Gasteiger partial charge in [0.25, 0.3) is 5.91 Å². The highest BCUT2D eigenvalue weighted by molar-refractivity contribution is 5.89. The van der Waals surface area contributed by atoms with E-state index < -0.39 is 11.9 Å². The Hall–Kier alpha value is -4.91. The van der Waals surface area contributed by atoms with Crippen molar-refractivity contribution < 1.29 is 23.8 Å². The maximum Gasteiger partial charge on any atom is 0.336 e. The van der Waals surface area contributed by atoms with E-state index in [4.69, 9.17) is 14.2 Å². The summed E-state index contributed by atoms with van der Waals surface area (Å²) in [7, 11) is 1.47. The zero-order valence-electron chi connectivity index (χ0n) is 19.6. The zero-order chi connectivity index (χ0) is 25.2. The van der Waals surface area contributed by atoms with Gasteiger partial charge in [0, 0.05) is 6.08 Å². The molecule has 0 aliphatic carbocycles. The van der Waals surface area contributed by atoms with Crippen molar-refractivity contribution in [2.45, 2.75) is 0 Å². The number of benzene rings is 4. The van der Waals surface area contributed by atoms with Crippen LogP contribution in [0.2, 0.25) is 0 Å². The van der Waals surface area contributed by atoms with E-state index >= 15 is 0 Å². The van der Waals surface area contributed by atoms with Gasteiger partial charge in [-0.3, -0.25) is 4.79 Å². The molecule has 36 heavy (non-hydrogen) atoms. The van der Waals surface area contributed by atoms with Crippen molar-refractivity contribution in [2.24, 2.45) is 5.10 Å². The van der Waals surface area contributed by atoms with Crippen LogP contribution in [0.3, 0.4) is 0 Å². The van der Waals surface area contributed by atoms with Gasteiger partial charge in [0.1, 0.15) is 5.75 Å². The molecule has 0 aromatic heterocycles. The Labute approximate surface area is 208 Å². The number of methoxy groups -OCH3 is 1. The summed E-state index contributed by atoms with van der Waals surface area (Å²) >= 11 is 0. The summed E-state index contributed by atoms with van der Waals surface area (Å²) in [5.41, 5.74) is 3.95. The molecule has 7 nitrogen and oxygen atoms in total. The van der Waals surface area contributed by atoms with Gasteiger partial charge < -0.3 is 14.2 Å². The van der Waals surface area contributed by atoms with Crippen molar-refractivity contribution in [1.82, 2.24) is 5.43 Å². The fourth-order valence-electron chi connectivity index (χ4n) is 3.34. The number of rotatable bonds is 9. The molecule has 0 aliphatic heterocycles. The molecule has 1 amide bonds. The molecule has 7 heteroatoms. The molecule has 0 spiro atoms. The van der Waals surface area contributed by atoms with Gasteiger partial charge in [0.05, 0.1) is 13.3 Å². The van der Waals surface area contributed by atoms with Gasteiger partial charge in [-0.2, -0.15) is 5.10 Å². The van der Waals surface area contributed by atoms with Crippen molar-refractivity contribution in [1.29, 1.82) is 0 Å². The Bertz CT molecular complexity index is 1410. The normalized spacial score (nSPS) is 11.0. The first-order valence-electron chi connectivity index (χ1n) is 11.2. The van der Waals surface area contributed by atoms with E-state index in [1.165, 1.54) is 19.4 Å². The molecule has 0 bridgehead atoms. The summed E-state index contributed by atoms with van der Waals surface area (Å²) in [4.78, 5) is 24.3. The number of hydrogen-bond donors (Lipinski definition) is 1. The number of carbonyl (C=O) groups excluding carboxylic acids is 2. The van der Waals surface area contributed by atoms with Crippen LogP contribution in [0, 0.1) is 0 Å². The number of nitrogens with zero attached hydrogens (tertiary/aromatic N) is 1. The molecule has 4 aromatic rings. The van der Waals surface area contributed by atoms with Crippen LogP contribution in [0.15, 0.2) is 102 Å². The first kappa shape index (κ1) is 24.2. The topological polar surface area (TPSA) is 86.2 Å². The molecule has 0 atom stereocenters. The SMILES string of the molecule is COc1cc(/C=N\NC(=O)COc2ccc3ccccc3c2)ccc1OC(=O)/C=C/c1ccccc1. The van der Waals surface area contributed by atoms with Crippen LogP contribution in [0.1, 0.15) is 11.1 Å². The van der Waals surface area contributed by atoms with E-state index in [2.05, 4.69) is 10.5 Å². The first-order valence-corrected chi connectivity index (χ1v) is 11.2. The van der Waals surface area contributed by atoms with Gasteiger partial charge in [0.15, 0.2) is 18.1 Å². The van der Waals surface area contributed by atoms with Crippen LogP contribution >= 0.6 is 0 Å². The molecule has 0 fully saturated rings. The van der Waals surface area contributed by atoms with E-state index in [0.717, 1.165) is 16.3 Å². The van der Waals surface area contributed by atoms with Gasteiger partial charge >= 0.3 is 5.97 Å². The average Bonchev–Trinajstić information content (AvgIpc) is 2.92. The molecule has 4 aromatic carbocycles. The number of fused-ring (bicyclic) bond motifs is 1. The van der Waals surface area contributed by atoms with Crippen LogP contribution in [0.25, 0.3) is 16.8 Å². The lowest BCUT2D eigenvalue weighted by molar-refractivity contribution is -0.129. The number of carbonyl (C=O) groups is 2. The predicted octanol–water partition coefficient (Wildman–Crippen LogP) is 5.00. The van der Waals surface area contributed by atoms with E-state index in [0.29, 0.717) is 17.1 Å². The number of hydrazone groups is 1. The number of ether oxygens (including phenoxy) is 3. The molecule has 180 valence electrons. The second kappa shape index (κ2) is 12.0. The molecule has 0 radical (unpaired) electrons. The maximum absolute atomic E-state index is 12.2. The molecule has 0 saturated heterocycles. The number of esters is 1. The van der Waals surface area contributed by atoms with Crippen molar-refractivity contribution in [3.05, 3.63) is 108 Å².